The Morgan fingerprint density at radius 1 is 1.25 bits per heavy atom. The molecule has 1 atom stereocenters. The molecule has 1 aromatic rings. The van der Waals surface area contributed by atoms with Gasteiger partial charge in [-0.05, 0) is 37.6 Å². The minimum Gasteiger partial charge on any atom is -0.488 e. The fourth-order valence-corrected chi connectivity index (χ4v) is 4.31. The number of nitrogens with one attached hydrogen (secondary N) is 2. The summed E-state index contributed by atoms with van der Waals surface area (Å²) in [6.07, 6.45) is 2.04. The van der Waals surface area contributed by atoms with Crippen LogP contribution in [0.4, 0.5) is 0 Å². The Hall–Kier alpha value is -1.11. The van der Waals surface area contributed by atoms with Gasteiger partial charge in [0.05, 0.1) is 5.25 Å². The summed E-state index contributed by atoms with van der Waals surface area (Å²) in [5, 5.41) is 2.91. The number of fused-ring (bicyclic) bond motifs is 1. The molecule has 2 aliphatic rings. The quantitative estimate of drug-likeness (QED) is 0.856. The minimum atomic E-state index is -3.23. The van der Waals surface area contributed by atoms with Gasteiger partial charge in [0.15, 0.2) is 0 Å². The van der Waals surface area contributed by atoms with Crippen molar-refractivity contribution in [2.75, 3.05) is 19.6 Å². The van der Waals surface area contributed by atoms with Crippen molar-refractivity contribution in [1.29, 1.82) is 0 Å². The number of rotatable bonds is 4. The first-order chi connectivity index (χ1) is 9.65. The number of piperidine rings is 1. The molecule has 20 heavy (non-hydrogen) atoms. The standard InChI is InChI=1S/C14H20N2O3S/c17-20(18,13-5-7-15-8-6-13)16-10-12-9-11-3-1-2-4-14(11)19-12/h1-4,12-13,15-16H,5-10H2. The van der Waals surface area contributed by atoms with Crippen LogP contribution in [0.15, 0.2) is 24.3 Å². The Labute approximate surface area is 119 Å². The maximum Gasteiger partial charge on any atom is 0.214 e. The summed E-state index contributed by atoms with van der Waals surface area (Å²) >= 11 is 0. The molecular formula is C14H20N2O3S. The zero-order chi connectivity index (χ0) is 14.0. The third-order valence-corrected chi connectivity index (χ3v) is 5.87. The first kappa shape index (κ1) is 13.9. The topological polar surface area (TPSA) is 67.4 Å². The SMILES string of the molecule is O=S(=O)(NCC1Cc2ccccc2O1)C1CCNCC1. The van der Waals surface area contributed by atoms with Gasteiger partial charge in [0.25, 0.3) is 0 Å². The normalized spacial score (nSPS) is 23.3. The van der Waals surface area contributed by atoms with E-state index in [9.17, 15) is 8.42 Å². The van der Waals surface area contributed by atoms with E-state index >= 15 is 0 Å². The fraction of sp³-hybridized carbons (Fsp3) is 0.571. The van der Waals surface area contributed by atoms with Crippen molar-refractivity contribution < 1.29 is 13.2 Å². The highest BCUT2D eigenvalue weighted by atomic mass is 32.2. The molecule has 2 aliphatic heterocycles. The summed E-state index contributed by atoms with van der Waals surface area (Å²) in [7, 11) is -3.23. The van der Waals surface area contributed by atoms with Gasteiger partial charge in [-0.1, -0.05) is 18.2 Å². The largest absolute Gasteiger partial charge is 0.488 e. The average Bonchev–Trinajstić information content (AvgIpc) is 2.89. The van der Waals surface area contributed by atoms with Crippen LogP contribution in [0.1, 0.15) is 18.4 Å². The second kappa shape index (κ2) is 5.71. The van der Waals surface area contributed by atoms with Gasteiger partial charge in [0, 0.05) is 13.0 Å². The van der Waals surface area contributed by atoms with Gasteiger partial charge in [-0.25, -0.2) is 13.1 Å². The maximum absolute atomic E-state index is 12.2. The molecule has 3 rings (SSSR count). The van der Waals surface area contributed by atoms with E-state index in [1.54, 1.807) is 0 Å². The van der Waals surface area contributed by atoms with Crippen LogP contribution in [-0.4, -0.2) is 39.4 Å². The van der Waals surface area contributed by atoms with E-state index < -0.39 is 10.0 Å². The highest BCUT2D eigenvalue weighted by Crippen LogP contribution is 2.27. The van der Waals surface area contributed by atoms with Crippen LogP contribution in [0.3, 0.4) is 0 Å². The van der Waals surface area contributed by atoms with E-state index in [1.807, 2.05) is 24.3 Å². The zero-order valence-corrected chi connectivity index (χ0v) is 12.2. The van der Waals surface area contributed by atoms with Gasteiger partial charge < -0.3 is 10.1 Å². The summed E-state index contributed by atoms with van der Waals surface area (Å²) < 4.78 is 32.9. The van der Waals surface area contributed by atoms with Gasteiger partial charge in [-0.15, -0.1) is 0 Å². The molecular weight excluding hydrogens is 276 g/mol. The van der Waals surface area contributed by atoms with Gasteiger partial charge >= 0.3 is 0 Å². The van der Waals surface area contributed by atoms with Crippen molar-refractivity contribution in [3.05, 3.63) is 29.8 Å². The second-order valence-corrected chi connectivity index (χ2v) is 7.44. The molecule has 2 heterocycles. The van der Waals surface area contributed by atoms with Crippen LogP contribution in [-0.2, 0) is 16.4 Å². The Bertz CT molecular complexity index is 543. The Morgan fingerprint density at radius 3 is 2.75 bits per heavy atom. The number of benzene rings is 1. The van der Waals surface area contributed by atoms with E-state index in [4.69, 9.17) is 4.74 Å². The van der Waals surface area contributed by atoms with Gasteiger partial charge in [0.2, 0.25) is 10.0 Å². The molecule has 0 amide bonds. The number of ether oxygens (including phenoxy) is 1. The highest BCUT2D eigenvalue weighted by molar-refractivity contribution is 7.90. The summed E-state index contributed by atoms with van der Waals surface area (Å²) in [6, 6.07) is 7.86. The van der Waals surface area contributed by atoms with E-state index in [0.717, 1.165) is 30.8 Å². The molecule has 0 aromatic heterocycles. The summed E-state index contributed by atoms with van der Waals surface area (Å²) in [5.74, 6) is 0.874. The van der Waals surface area contributed by atoms with Crippen LogP contribution >= 0.6 is 0 Å². The van der Waals surface area contributed by atoms with Gasteiger partial charge in [-0.3, -0.25) is 0 Å². The van der Waals surface area contributed by atoms with Crippen LogP contribution in [0.5, 0.6) is 5.75 Å². The Morgan fingerprint density at radius 2 is 2.00 bits per heavy atom. The lowest BCUT2D eigenvalue weighted by Crippen LogP contribution is -2.44. The molecule has 1 unspecified atom stereocenters. The summed E-state index contributed by atoms with van der Waals surface area (Å²) in [4.78, 5) is 0. The van der Waals surface area contributed by atoms with Crippen molar-refractivity contribution in [3.8, 4) is 5.75 Å². The number of hydrogen-bond acceptors (Lipinski definition) is 4. The fourth-order valence-electron chi connectivity index (χ4n) is 2.80. The van der Waals surface area contributed by atoms with Crippen LogP contribution in [0, 0.1) is 0 Å². The average molecular weight is 296 g/mol. The Balaban J connectivity index is 1.55. The lowest BCUT2D eigenvalue weighted by Gasteiger charge is -2.23. The van der Waals surface area contributed by atoms with E-state index in [2.05, 4.69) is 10.0 Å². The van der Waals surface area contributed by atoms with Crippen molar-refractivity contribution >= 4 is 10.0 Å². The molecule has 1 fully saturated rings. The van der Waals surface area contributed by atoms with Gasteiger partial charge in [-0.2, -0.15) is 0 Å². The molecule has 2 N–H and O–H groups in total. The molecule has 0 spiro atoms. The molecule has 0 radical (unpaired) electrons. The number of sulfonamides is 1. The molecule has 1 saturated heterocycles. The second-order valence-electron chi connectivity index (χ2n) is 5.39. The van der Waals surface area contributed by atoms with Crippen LogP contribution in [0.2, 0.25) is 0 Å². The van der Waals surface area contributed by atoms with E-state index in [1.165, 1.54) is 0 Å². The smallest absolute Gasteiger partial charge is 0.214 e. The summed E-state index contributed by atoms with van der Waals surface area (Å²) in [5.41, 5.74) is 1.15. The summed E-state index contributed by atoms with van der Waals surface area (Å²) in [6.45, 7) is 1.90. The molecule has 110 valence electrons. The Kier molecular flexibility index (Phi) is 3.96. The number of hydrogen-bond donors (Lipinski definition) is 2. The minimum absolute atomic E-state index is 0.0936. The predicted octanol–water partition coefficient (Wildman–Crippen LogP) is 0.661. The van der Waals surface area contributed by atoms with Crippen molar-refractivity contribution in [2.45, 2.75) is 30.6 Å². The lowest BCUT2D eigenvalue weighted by molar-refractivity contribution is 0.235. The van der Waals surface area contributed by atoms with E-state index in [0.29, 0.717) is 19.4 Å². The first-order valence-corrected chi connectivity index (χ1v) is 8.63. The molecule has 1 aromatic carbocycles. The van der Waals surface area contributed by atoms with Crippen molar-refractivity contribution in [2.24, 2.45) is 0 Å². The molecule has 0 aliphatic carbocycles. The van der Waals surface area contributed by atoms with Crippen molar-refractivity contribution in [3.63, 3.8) is 0 Å². The zero-order valence-electron chi connectivity index (χ0n) is 11.3. The molecule has 0 bridgehead atoms. The molecule has 6 heteroatoms. The van der Waals surface area contributed by atoms with Crippen LogP contribution < -0.4 is 14.8 Å². The van der Waals surface area contributed by atoms with Crippen LogP contribution in [0.25, 0.3) is 0 Å². The van der Waals surface area contributed by atoms with E-state index in [-0.39, 0.29) is 11.4 Å². The lowest BCUT2D eigenvalue weighted by atomic mass is 10.1. The molecule has 0 saturated carbocycles. The maximum atomic E-state index is 12.2. The van der Waals surface area contributed by atoms with Gasteiger partial charge in [0.1, 0.15) is 11.9 Å². The number of para-hydroxylation sites is 1. The highest BCUT2D eigenvalue weighted by Gasteiger charge is 2.29. The predicted molar refractivity (Wildman–Crippen MR) is 77.4 cm³/mol. The first-order valence-electron chi connectivity index (χ1n) is 7.09. The third-order valence-electron chi connectivity index (χ3n) is 3.95. The third kappa shape index (κ3) is 2.97. The monoisotopic (exact) mass is 296 g/mol. The van der Waals surface area contributed by atoms with Crippen molar-refractivity contribution in [1.82, 2.24) is 10.0 Å². The molecule has 5 nitrogen and oxygen atoms in total.